The van der Waals surface area contributed by atoms with Crippen LogP contribution >= 0.6 is 12.4 Å². The first-order valence-corrected chi connectivity index (χ1v) is 9.94. The van der Waals surface area contributed by atoms with E-state index < -0.39 is 20.5 Å². The highest BCUT2D eigenvalue weighted by Crippen LogP contribution is 2.29. The van der Waals surface area contributed by atoms with E-state index in [0.29, 0.717) is 17.6 Å². The molecule has 2 aliphatic rings. The number of halogens is 3. The minimum atomic E-state index is -4.60. The Bertz CT molecular complexity index is 731. The summed E-state index contributed by atoms with van der Waals surface area (Å²) in [5.41, 5.74) is 0.613. The number of rotatable bonds is 5. The summed E-state index contributed by atoms with van der Waals surface area (Å²) < 4.78 is 47.9. The zero-order chi connectivity index (χ0) is 18.2. The molecule has 1 N–H and O–H groups in total. The van der Waals surface area contributed by atoms with Gasteiger partial charge in [0.25, 0.3) is 0 Å². The van der Waals surface area contributed by atoms with E-state index in [1.165, 1.54) is 12.1 Å². The molecule has 146 valence electrons. The van der Waals surface area contributed by atoms with E-state index in [0.717, 1.165) is 37.8 Å². The molecule has 2 fully saturated rings. The van der Waals surface area contributed by atoms with E-state index in [1.54, 1.807) is 11.9 Å². The molecule has 0 aromatic heterocycles. The molecule has 1 aromatic rings. The van der Waals surface area contributed by atoms with Gasteiger partial charge < -0.3 is 10.2 Å². The molecular weight excluding hydrogens is 386 g/mol. The zero-order valence-electron chi connectivity index (χ0n) is 14.4. The number of carbonyl (C=O) groups excluding carboxylic acids is 1. The number of hydrogen-bond donors (Lipinski definition) is 1. The van der Waals surface area contributed by atoms with Crippen LogP contribution in [0.3, 0.4) is 0 Å². The molecule has 1 aromatic carbocycles. The second-order valence-corrected chi connectivity index (χ2v) is 8.81. The fraction of sp³-hybridized carbons (Fsp3) is 0.588. The lowest BCUT2D eigenvalue weighted by Crippen LogP contribution is -2.49. The van der Waals surface area contributed by atoms with Crippen molar-refractivity contribution in [3.05, 3.63) is 29.8 Å². The Morgan fingerprint density at radius 1 is 1.19 bits per heavy atom. The molecule has 0 aliphatic carbocycles. The Morgan fingerprint density at radius 3 is 2.23 bits per heavy atom. The van der Waals surface area contributed by atoms with Crippen molar-refractivity contribution in [2.75, 3.05) is 7.05 Å². The smallest absolute Gasteiger partial charge is 0.341 e. The summed E-state index contributed by atoms with van der Waals surface area (Å²) in [6.07, 6.45) is 4.34. The van der Waals surface area contributed by atoms with Crippen LogP contribution in [0.4, 0.5) is 8.78 Å². The van der Waals surface area contributed by atoms with Crippen molar-refractivity contribution in [2.24, 2.45) is 0 Å². The molecule has 0 radical (unpaired) electrons. The normalized spacial score (nSPS) is 25.0. The Hall–Kier alpha value is -1.25. The third-order valence-electron chi connectivity index (χ3n) is 5.23. The summed E-state index contributed by atoms with van der Waals surface area (Å²) >= 11 is 0. The van der Waals surface area contributed by atoms with Crippen molar-refractivity contribution in [3.8, 4) is 0 Å². The molecule has 26 heavy (non-hydrogen) atoms. The van der Waals surface area contributed by atoms with Gasteiger partial charge in [-0.1, -0.05) is 12.1 Å². The molecule has 5 nitrogen and oxygen atoms in total. The fourth-order valence-corrected chi connectivity index (χ4v) is 4.47. The Labute approximate surface area is 158 Å². The summed E-state index contributed by atoms with van der Waals surface area (Å²) in [5.74, 6) is -3.49. The summed E-state index contributed by atoms with van der Waals surface area (Å²) in [7, 11) is -2.80. The molecule has 2 aliphatic heterocycles. The number of hydrogen-bond acceptors (Lipinski definition) is 4. The molecule has 3 rings (SSSR count). The van der Waals surface area contributed by atoms with Crippen LogP contribution < -0.4 is 5.32 Å². The Balaban J connectivity index is 0.00000243. The van der Waals surface area contributed by atoms with Crippen LogP contribution in [0.5, 0.6) is 0 Å². The number of nitrogens with one attached hydrogen (secondary N) is 1. The van der Waals surface area contributed by atoms with Crippen molar-refractivity contribution in [3.63, 3.8) is 0 Å². The molecule has 0 spiro atoms. The number of nitrogens with zero attached hydrogens (tertiary/aromatic N) is 1. The van der Waals surface area contributed by atoms with E-state index in [4.69, 9.17) is 0 Å². The summed E-state index contributed by atoms with van der Waals surface area (Å²) in [4.78, 5) is 13.8. The van der Waals surface area contributed by atoms with Gasteiger partial charge in [0.05, 0.1) is 11.3 Å². The van der Waals surface area contributed by atoms with Crippen LogP contribution in [0.25, 0.3) is 0 Å². The highest BCUT2D eigenvalue weighted by Gasteiger charge is 2.36. The number of benzene rings is 1. The quantitative estimate of drug-likeness (QED) is 0.812. The number of fused-ring (bicyclic) bond motifs is 2. The minimum Gasteiger partial charge on any atom is -0.342 e. The summed E-state index contributed by atoms with van der Waals surface area (Å²) in [5, 5.41) is 3.54. The van der Waals surface area contributed by atoms with Crippen molar-refractivity contribution in [2.45, 2.75) is 60.9 Å². The molecule has 9 heteroatoms. The first-order chi connectivity index (χ1) is 11.8. The van der Waals surface area contributed by atoms with Crippen molar-refractivity contribution in [1.29, 1.82) is 0 Å². The molecule has 2 unspecified atom stereocenters. The highest BCUT2D eigenvalue weighted by atomic mass is 35.5. The monoisotopic (exact) mass is 408 g/mol. The number of sulfone groups is 1. The van der Waals surface area contributed by atoms with Crippen LogP contribution in [0.1, 0.15) is 31.2 Å². The minimum absolute atomic E-state index is 0. The van der Waals surface area contributed by atoms with Crippen LogP contribution in [-0.2, 0) is 21.1 Å². The lowest BCUT2D eigenvalue weighted by atomic mass is 9.98. The van der Waals surface area contributed by atoms with E-state index in [9.17, 15) is 22.0 Å². The van der Waals surface area contributed by atoms with Crippen molar-refractivity contribution < 1.29 is 22.0 Å². The first-order valence-electron chi connectivity index (χ1n) is 8.40. The average Bonchev–Trinajstić information content (AvgIpc) is 2.92. The predicted molar refractivity (Wildman–Crippen MR) is 96.3 cm³/mol. The predicted octanol–water partition coefficient (Wildman–Crippen LogP) is 2.39. The highest BCUT2D eigenvalue weighted by molar-refractivity contribution is 7.91. The largest absolute Gasteiger partial charge is 0.342 e. The zero-order valence-corrected chi connectivity index (χ0v) is 16.0. The van der Waals surface area contributed by atoms with Gasteiger partial charge in [-0.3, -0.25) is 4.79 Å². The Kier molecular flexibility index (Phi) is 6.63. The van der Waals surface area contributed by atoms with Crippen molar-refractivity contribution in [1.82, 2.24) is 10.2 Å². The third kappa shape index (κ3) is 4.35. The van der Waals surface area contributed by atoms with Gasteiger partial charge in [-0.25, -0.2) is 8.42 Å². The van der Waals surface area contributed by atoms with E-state index in [1.807, 2.05) is 0 Å². The number of carbonyl (C=O) groups is 1. The average molecular weight is 409 g/mol. The lowest BCUT2D eigenvalue weighted by molar-refractivity contribution is -0.131. The summed E-state index contributed by atoms with van der Waals surface area (Å²) in [6.45, 7) is 0. The van der Waals surface area contributed by atoms with Crippen molar-refractivity contribution >= 4 is 28.2 Å². The maximum atomic E-state index is 12.5. The van der Waals surface area contributed by atoms with Gasteiger partial charge in [0.1, 0.15) is 0 Å². The topological polar surface area (TPSA) is 66.5 Å². The van der Waals surface area contributed by atoms with Gasteiger partial charge in [0, 0.05) is 25.2 Å². The second-order valence-electron chi connectivity index (χ2n) is 6.89. The van der Waals surface area contributed by atoms with Crippen LogP contribution in [0.15, 0.2) is 29.2 Å². The van der Waals surface area contributed by atoms with E-state index in [-0.39, 0.29) is 30.8 Å². The van der Waals surface area contributed by atoms with Gasteiger partial charge in [0.15, 0.2) is 0 Å². The van der Waals surface area contributed by atoms with Gasteiger partial charge >= 0.3 is 5.76 Å². The SMILES string of the molecule is CN(C(=O)Cc1ccc(S(=O)(=O)C(F)F)cc1)C1CC2CCC(C1)N2.Cl. The number of amides is 1. The molecular formula is C17H23ClF2N2O3S. The first kappa shape index (κ1) is 21.1. The fourth-order valence-electron chi connectivity index (χ4n) is 3.75. The molecule has 1 amide bonds. The van der Waals surface area contributed by atoms with Gasteiger partial charge in [0.2, 0.25) is 15.7 Å². The van der Waals surface area contributed by atoms with Crippen LogP contribution in [-0.4, -0.2) is 50.2 Å². The van der Waals surface area contributed by atoms with Gasteiger partial charge in [-0.05, 0) is 43.4 Å². The number of piperidine rings is 1. The standard InChI is InChI=1S/C17H22F2N2O3S.ClH/c1-21(14-9-12-4-5-13(10-14)20-12)16(22)8-11-2-6-15(7-3-11)25(23,24)17(18)19;/h2-3,6-7,12-14,17,20H,4-5,8-10H2,1H3;1H. The van der Waals surface area contributed by atoms with E-state index >= 15 is 0 Å². The van der Waals surface area contributed by atoms with Crippen LogP contribution in [0.2, 0.25) is 0 Å². The van der Waals surface area contributed by atoms with E-state index in [2.05, 4.69) is 5.32 Å². The number of alkyl halides is 2. The maximum absolute atomic E-state index is 12.5. The molecule has 2 heterocycles. The Morgan fingerprint density at radius 2 is 1.73 bits per heavy atom. The van der Waals surface area contributed by atoms with Crippen LogP contribution in [0, 0.1) is 0 Å². The molecule has 2 bridgehead atoms. The third-order valence-corrected chi connectivity index (χ3v) is 6.63. The van der Waals surface area contributed by atoms with Gasteiger partial charge in [-0.2, -0.15) is 8.78 Å². The van der Waals surface area contributed by atoms with Gasteiger partial charge in [-0.15, -0.1) is 12.4 Å². The second kappa shape index (κ2) is 8.19. The molecule has 2 atom stereocenters. The maximum Gasteiger partial charge on any atom is 0.341 e. The molecule has 2 saturated heterocycles. The number of likely N-dealkylation sites (N-methyl/N-ethyl adjacent to an activating group) is 1. The molecule has 0 saturated carbocycles. The summed E-state index contributed by atoms with van der Waals surface area (Å²) in [6, 6.07) is 6.30. The lowest BCUT2D eigenvalue weighted by Gasteiger charge is -2.35.